The lowest BCUT2D eigenvalue weighted by Crippen LogP contribution is -2.35. The number of carbonyl (C=O) groups excluding carboxylic acids is 4. The third-order valence-corrected chi connectivity index (χ3v) is 4.67. The zero-order chi connectivity index (χ0) is 20.4. The molecule has 1 saturated heterocycles. The second kappa shape index (κ2) is 7.64. The number of methoxy groups -OCH3 is 1. The van der Waals surface area contributed by atoms with Gasteiger partial charge in [0.25, 0.3) is 5.91 Å². The number of hydrogen-bond donors (Lipinski definition) is 1. The van der Waals surface area contributed by atoms with Gasteiger partial charge in [0.15, 0.2) is 5.78 Å². The molecule has 144 valence electrons. The van der Waals surface area contributed by atoms with Crippen LogP contribution >= 0.6 is 0 Å². The van der Waals surface area contributed by atoms with Crippen molar-refractivity contribution in [2.24, 2.45) is 0 Å². The molecule has 0 bridgehead atoms. The summed E-state index contributed by atoms with van der Waals surface area (Å²) in [6, 6.07) is 10.6. The largest absolute Gasteiger partial charge is 0.465 e. The van der Waals surface area contributed by atoms with E-state index in [2.05, 4.69) is 5.32 Å². The van der Waals surface area contributed by atoms with Gasteiger partial charge < -0.3 is 10.1 Å². The molecule has 2 aromatic carbocycles. The number of anilines is 2. The highest BCUT2D eigenvalue weighted by atomic mass is 16.5. The summed E-state index contributed by atoms with van der Waals surface area (Å²) in [6.45, 7) is 3.29. The Morgan fingerprint density at radius 1 is 1.07 bits per heavy atom. The van der Waals surface area contributed by atoms with Crippen LogP contribution in [0.3, 0.4) is 0 Å². The van der Waals surface area contributed by atoms with Crippen molar-refractivity contribution in [2.75, 3.05) is 17.3 Å². The van der Waals surface area contributed by atoms with Gasteiger partial charge in [-0.1, -0.05) is 6.07 Å². The van der Waals surface area contributed by atoms with E-state index >= 15 is 0 Å². The Bertz CT molecular complexity index is 965. The van der Waals surface area contributed by atoms with Crippen molar-refractivity contribution in [2.45, 2.75) is 26.3 Å². The van der Waals surface area contributed by atoms with Gasteiger partial charge in [0.05, 0.1) is 24.8 Å². The summed E-state index contributed by atoms with van der Waals surface area (Å²) in [4.78, 5) is 49.5. The minimum absolute atomic E-state index is 0.00478. The summed E-state index contributed by atoms with van der Waals surface area (Å²) in [6.07, 6.45) is -0.00478. The maximum absolute atomic E-state index is 12.8. The lowest BCUT2D eigenvalue weighted by Gasteiger charge is -2.17. The predicted octanol–water partition coefficient (Wildman–Crippen LogP) is 2.73. The molecule has 1 aliphatic heterocycles. The van der Waals surface area contributed by atoms with Gasteiger partial charge in [0, 0.05) is 11.3 Å². The molecule has 1 heterocycles. The smallest absolute Gasteiger partial charge is 0.337 e. The molecule has 1 aliphatic rings. The molecule has 2 amide bonds. The number of nitrogens with one attached hydrogen (secondary N) is 1. The lowest BCUT2D eigenvalue weighted by molar-refractivity contribution is -0.121. The van der Waals surface area contributed by atoms with Crippen LogP contribution in [0.5, 0.6) is 0 Å². The molecule has 1 N–H and O–H groups in total. The number of ether oxygens (including phenoxy) is 1. The molecule has 1 atom stereocenters. The third kappa shape index (κ3) is 3.64. The third-order valence-electron chi connectivity index (χ3n) is 4.67. The van der Waals surface area contributed by atoms with E-state index in [9.17, 15) is 19.2 Å². The Morgan fingerprint density at radius 3 is 2.32 bits per heavy atom. The van der Waals surface area contributed by atoms with E-state index in [4.69, 9.17) is 4.74 Å². The number of hydrogen-bond acceptors (Lipinski definition) is 6. The number of nitrogens with zero attached hydrogens (tertiary/aromatic N) is 1. The maximum atomic E-state index is 12.8. The molecular formula is C21H20N2O5. The first kappa shape index (κ1) is 19.3. The van der Waals surface area contributed by atoms with Gasteiger partial charge >= 0.3 is 5.97 Å². The molecule has 2 aromatic rings. The fraction of sp³-hybridized carbons (Fsp3) is 0.238. The number of amides is 2. The number of rotatable bonds is 5. The number of benzene rings is 2. The van der Waals surface area contributed by atoms with Crippen LogP contribution in [-0.4, -0.2) is 36.7 Å². The maximum Gasteiger partial charge on any atom is 0.337 e. The molecule has 0 saturated carbocycles. The highest BCUT2D eigenvalue weighted by molar-refractivity contribution is 6.23. The topological polar surface area (TPSA) is 92.8 Å². The van der Waals surface area contributed by atoms with Crippen molar-refractivity contribution in [3.05, 3.63) is 59.2 Å². The zero-order valence-electron chi connectivity index (χ0n) is 15.8. The van der Waals surface area contributed by atoms with E-state index in [1.54, 1.807) is 42.5 Å². The minimum Gasteiger partial charge on any atom is -0.465 e. The first-order valence-corrected chi connectivity index (χ1v) is 8.75. The Hall–Kier alpha value is -3.48. The van der Waals surface area contributed by atoms with E-state index in [0.717, 1.165) is 10.5 Å². The van der Waals surface area contributed by atoms with Gasteiger partial charge in [0.1, 0.15) is 6.04 Å². The summed E-state index contributed by atoms with van der Waals surface area (Å²) in [5, 5.41) is 3.06. The predicted molar refractivity (Wildman–Crippen MR) is 103 cm³/mol. The van der Waals surface area contributed by atoms with Gasteiger partial charge in [-0.15, -0.1) is 0 Å². The number of carbonyl (C=O) groups is 4. The summed E-state index contributed by atoms with van der Waals surface area (Å²) in [5.41, 5.74) is 2.70. The average Bonchev–Trinajstić information content (AvgIpc) is 2.96. The summed E-state index contributed by atoms with van der Waals surface area (Å²) in [7, 11) is 1.30. The second-order valence-electron chi connectivity index (χ2n) is 6.59. The standard InChI is InChI=1S/C21H20N2O5/c1-12-4-5-15(21(27)28-3)10-17(12)22-18-11-19(25)23(20(18)26)16-8-6-14(7-9-16)13(2)24/h4-10,18,22H,11H2,1-3H3/t18-/m0/s1. The average molecular weight is 380 g/mol. The zero-order valence-corrected chi connectivity index (χ0v) is 15.8. The molecule has 28 heavy (non-hydrogen) atoms. The lowest BCUT2D eigenvalue weighted by atomic mass is 10.1. The number of imide groups is 1. The summed E-state index contributed by atoms with van der Waals surface area (Å²) >= 11 is 0. The number of esters is 1. The summed E-state index contributed by atoms with van der Waals surface area (Å²) in [5.74, 6) is -1.29. The van der Waals surface area contributed by atoms with E-state index in [1.807, 2.05) is 6.92 Å². The Morgan fingerprint density at radius 2 is 1.71 bits per heavy atom. The van der Waals surface area contributed by atoms with Crippen LogP contribution in [0.1, 0.15) is 39.6 Å². The highest BCUT2D eigenvalue weighted by Gasteiger charge is 2.39. The van der Waals surface area contributed by atoms with E-state index in [-0.39, 0.29) is 24.0 Å². The Balaban J connectivity index is 1.82. The molecular weight excluding hydrogens is 360 g/mol. The van der Waals surface area contributed by atoms with Gasteiger partial charge in [-0.2, -0.15) is 0 Å². The molecule has 0 spiro atoms. The molecule has 0 radical (unpaired) electrons. The van der Waals surface area contributed by atoms with Gasteiger partial charge in [-0.3, -0.25) is 14.4 Å². The van der Waals surface area contributed by atoms with Crippen LogP contribution < -0.4 is 10.2 Å². The summed E-state index contributed by atoms with van der Waals surface area (Å²) < 4.78 is 4.72. The first-order valence-electron chi connectivity index (χ1n) is 8.75. The Kier molecular flexibility index (Phi) is 5.26. The van der Waals surface area contributed by atoms with Crippen LogP contribution in [0.2, 0.25) is 0 Å². The quantitative estimate of drug-likeness (QED) is 0.487. The molecule has 1 fully saturated rings. The van der Waals surface area contributed by atoms with E-state index in [1.165, 1.54) is 14.0 Å². The van der Waals surface area contributed by atoms with E-state index < -0.39 is 12.0 Å². The number of aryl methyl sites for hydroxylation is 1. The fourth-order valence-corrected chi connectivity index (χ4v) is 3.07. The van der Waals surface area contributed by atoms with Crippen LogP contribution in [0, 0.1) is 6.92 Å². The molecule has 7 heteroatoms. The molecule has 7 nitrogen and oxygen atoms in total. The van der Waals surface area contributed by atoms with Crippen molar-refractivity contribution in [1.29, 1.82) is 0 Å². The van der Waals surface area contributed by atoms with Gasteiger partial charge in [0.2, 0.25) is 5.91 Å². The van der Waals surface area contributed by atoms with Crippen LogP contribution in [0.15, 0.2) is 42.5 Å². The van der Waals surface area contributed by atoms with Crippen molar-refractivity contribution in [3.63, 3.8) is 0 Å². The molecule has 0 aromatic heterocycles. The number of Topliss-reactive ketones (excluding diaryl/α,β-unsaturated/α-hetero) is 1. The van der Waals surface area contributed by atoms with Crippen LogP contribution in [-0.2, 0) is 14.3 Å². The highest BCUT2D eigenvalue weighted by Crippen LogP contribution is 2.27. The van der Waals surface area contributed by atoms with Gasteiger partial charge in [-0.05, 0) is 55.8 Å². The molecule has 0 unspecified atom stereocenters. The molecule has 3 rings (SSSR count). The van der Waals surface area contributed by atoms with Crippen molar-refractivity contribution >= 4 is 34.9 Å². The molecule has 0 aliphatic carbocycles. The fourth-order valence-electron chi connectivity index (χ4n) is 3.07. The number of ketones is 1. The van der Waals surface area contributed by atoms with Crippen molar-refractivity contribution in [3.8, 4) is 0 Å². The van der Waals surface area contributed by atoms with Crippen LogP contribution in [0.4, 0.5) is 11.4 Å². The first-order chi connectivity index (χ1) is 13.3. The monoisotopic (exact) mass is 380 g/mol. The minimum atomic E-state index is -0.744. The van der Waals surface area contributed by atoms with Crippen molar-refractivity contribution < 1.29 is 23.9 Å². The second-order valence-corrected chi connectivity index (χ2v) is 6.59. The van der Waals surface area contributed by atoms with E-state index in [0.29, 0.717) is 22.5 Å². The Labute approximate surface area is 162 Å². The SMILES string of the molecule is COC(=O)c1ccc(C)c(N[C@H]2CC(=O)N(c3ccc(C(C)=O)cc3)C2=O)c1. The van der Waals surface area contributed by atoms with Crippen molar-refractivity contribution in [1.82, 2.24) is 0 Å². The van der Waals surface area contributed by atoms with Gasteiger partial charge in [-0.25, -0.2) is 9.69 Å². The van der Waals surface area contributed by atoms with Crippen LogP contribution in [0.25, 0.3) is 0 Å². The normalized spacial score (nSPS) is 16.2.